The molecule has 0 spiro atoms. The zero-order valence-corrected chi connectivity index (χ0v) is 13.5. The van der Waals surface area contributed by atoms with Gasteiger partial charge in [0.05, 0.1) is 23.9 Å². The molecule has 0 aliphatic rings. The standard InChI is InChI=1S/C16H15ClN4O2/c1-10-12(9-21(2)20-10)7-15(22)19-16-14(8-18-23-16)11-3-5-13(17)6-4-11/h3-6,8-9H,7H2,1-2H3,(H,19,22). The normalized spacial score (nSPS) is 10.7. The molecule has 1 aromatic carbocycles. The monoisotopic (exact) mass is 330 g/mol. The number of hydrogen-bond donors (Lipinski definition) is 1. The average molecular weight is 331 g/mol. The number of carbonyl (C=O) groups is 1. The molecule has 1 amide bonds. The molecular formula is C16H15ClN4O2. The average Bonchev–Trinajstić information content (AvgIpc) is 3.07. The molecule has 0 saturated heterocycles. The van der Waals surface area contributed by atoms with Crippen LogP contribution in [0.1, 0.15) is 11.3 Å². The molecule has 23 heavy (non-hydrogen) atoms. The van der Waals surface area contributed by atoms with E-state index in [1.54, 1.807) is 23.0 Å². The van der Waals surface area contributed by atoms with Gasteiger partial charge in [-0.2, -0.15) is 5.10 Å². The largest absolute Gasteiger partial charge is 0.338 e. The van der Waals surface area contributed by atoms with E-state index in [0.717, 1.165) is 16.8 Å². The molecule has 7 heteroatoms. The summed E-state index contributed by atoms with van der Waals surface area (Å²) in [5.41, 5.74) is 3.28. The van der Waals surface area contributed by atoms with Crippen LogP contribution in [-0.2, 0) is 18.3 Å². The van der Waals surface area contributed by atoms with Crippen molar-refractivity contribution in [1.82, 2.24) is 14.9 Å². The Morgan fingerprint density at radius 3 is 2.74 bits per heavy atom. The fraction of sp³-hybridized carbons (Fsp3) is 0.188. The Hall–Kier alpha value is -2.60. The number of benzene rings is 1. The van der Waals surface area contributed by atoms with Crippen LogP contribution >= 0.6 is 11.6 Å². The van der Waals surface area contributed by atoms with Crippen molar-refractivity contribution in [2.24, 2.45) is 7.05 Å². The lowest BCUT2D eigenvalue weighted by Crippen LogP contribution is -2.14. The lowest BCUT2D eigenvalue weighted by molar-refractivity contribution is -0.115. The van der Waals surface area contributed by atoms with E-state index in [1.165, 1.54) is 0 Å². The summed E-state index contributed by atoms with van der Waals surface area (Å²) in [6.07, 6.45) is 3.62. The number of amides is 1. The van der Waals surface area contributed by atoms with E-state index >= 15 is 0 Å². The highest BCUT2D eigenvalue weighted by molar-refractivity contribution is 6.30. The summed E-state index contributed by atoms with van der Waals surface area (Å²) in [7, 11) is 1.82. The van der Waals surface area contributed by atoms with E-state index in [-0.39, 0.29) is 12.3 Å². The van der Waals surface area contributed by atoms with Gasteiger partial charge in [0.15, 0.2) is 0 Å². The van der Waals surface area contributed by atoms with Gasteiger partial charge in [-0.15, -0.1) is 0 Å². The number of nitrogens with one attached hydrogen (secondary N) is 1. The summed E-state index contributed by atoms with van der Waals surface area (Å²) in [5.74, 6) is 0.131. The van der Waals surface area contributed by atoms with Crippen LogP contribution in [0.4, 0.5) is 5.88 Å². The molecule has 0 radical (unpaired) electrons. The summed E-state index contributed by atoms with van der Waals surface area (Å²) in [5, 5.41) is 11.4. The number of aryl methyl sites for hydroxylation is 2. The molecule has 118 valence electrons. The van der Waals surface area contributed by atoms with Gasteiger partial charge in [-0.1, -0.05) is 28.9 Å². The van der Waals surface area contributed by atoms with Crippen molar-refractivity contribution in [3.63, 3.8) is 0 Å². The molecule has 3 aromatic rings. The van der Waals surface area contributed by atoms with Gasteiger partial charge in [0.1, 0.15) is 0 Å². The summed E-state index contributed by atoms with van der Waals surface area (Å²) < 4.78 is 6.84. The minimum absolute atomic E-state index is 0.187. The summed E-state index contributed by atoms with van der Waals surface area (Å²) in [6, 6.07) is 7.23. The van der Waals surface area contributed by atoms with Crippen LogP contribution in [-0.4, -0.2) is 20.8 Å². The van der Waals surface area contributed by atoms with Crippen LogP contribution in [0.5, 0.6) is 0 Å². The number of hydrogen-bond acceptors (Lipinski definition) is 4. The van der Waals surface area contributed by atoms with Crippen molar-refractivity contribution < 1.29 is 9.32 Å². The third-order valence-corrected chi connectivity index (χ3v) is 3.70. The second-order valence-corrected chi connectivity index (χ2v) is 5.65. The maximum atomic E-state index is 12.2. The highest BCUT2D eigenvalue weighted by Gasteiger charge is 2.15. The maximum absolute atomic E-state index is 12.2. The molecule has 1 N–H and O–H groups in total. The molecule has 2 aromatic heterocycles. The van der Waals surface area contributed by atoms with Crippen LogP contribution < -0.4 is 5.32 Å². The quantitative estimate of drug-likeness (QED) is 0.797. The lowest BCUT2D eigenvalue weighted by Gasteiger charge is -2.04. The fourth-order valence-corrected chi connectivity index (χ4v) is 2.46. The number of halogens is 1. The Morgan fingerprint density at radius 1 is 1.35 bits per heavy atom. The van der Waals surface area contributed by atoms with Crippen molar-refractivity contribution in [2.45, 2.75) is 13.3 Å². The topological polar surface area (TPSA) is 73.0 Å². The van der Waals surface area contributed by atoms with Crippen molar-refractivity contribution in [3.05, 3.63) is 52.9 Å². The predicted molar refractivity (Wildman–Crippen MR) is 87.2 cm³/mol. The molecule has 0 unspecified atom stereocenters. The summed E-state index contributed by atoms with van der Waals surface area (Å²) in [4.78, 5) is 12.2. The van der Waals surface area contributed by atoms with E-state index in [4.69, 9.17) is 16.1 Å². The van der Waals surface area contributed by atoms with Crippen molar-refractivity contribution in [3.8, 4) is 11.1 Å². The number of nitrogens with zero attached hydrogens (tertiary/aromatic N) is 3. The molecule has 0 atom stereocenters. The number of carbonyl (C=O) groups excluding carboxylic acids is 1. The first kappa shape index (κ1) is 15.3. The van der Waals surface area contributed by atoms with Crippen LogP contribution in [0.25, 0.3) is 11.1 Å². The summed E-state index contributed by atoms with van der Waals surface area (Å²) in [6.45, 7) is 1.87. The van der Waals surface area contributed by atoms with Gasteiger partial charge >= 0.3 is 0 Å². The van der Waals surface area contributed by atoms with E-state index < -0.39 is 0 Å². The van der Waals surface area contributed by atoms with Gasteiger partial charge in [0.2, 0.25) is 11.8 Å². The molecule has 3 rings (SSSR count). The lowest BCUT2D eigenvalue weighted by atomic mass is 10.1. The second-order valence-electron chi connectivity index (χ2n) is 5.21. The third-order valence-electron chi connectivity index (χ3n) is 3.44. The van der Waals surface area contributed by atoms with Gasteiger partial charge in [0.25, 0.3) is 0 Å². The Morgan fingerprint density at radius 2 is 2.09 bits per heavy atom. The van der Waals surface area contributed by atoms with Crippen LogP contribution in [0.3, 0.4) is 0 Å². The zero-order valence-electron chi connectivity index (χ0n) is 12.7. The molecular weight excluding hydrogens is 316 g/mol. The van der Waals surface area contributed by atoms with E-state index in [9.17, 15) is 4.79 Å². The minimum Gasteiger partial charge on any atom is -0.338 e. The zero-order chi connectivity index (χ0) is 16.4. The first-order chi connectivity index (χ1) is 11.0. The molecule has 0 bridgehead atoms. The van der Waals surface area contributed by atoms with E-state index in [1.807, 2.05) is 32.3 Å². The summed E-state index contributed by atoms with van der Waals surface area (Å²) >= 11 is 5.89. The molecule has 0 aliphatic carbocycles. The Balaban J connectivity index is 1.76. The van der Waals surface area contributed by atoms with Crippen LogP contribution in [0.15, 0.2) is 41.2 Å². The predicted octanol–water partition coefficient (Wildman–Crippen LogP) is 3.22. The molecule has 0 fully saturated rings. The van der Waals surface area contributed by atoms with Gasteiger partial charge in [-0.25, -0.2) is 0 Å². The van der Waals surface area contributed by atoms with Crippen molar-refractivity contribution >= 4 is 23.4 Å². The van der Waals surface area contributed by atoms with Gasteiger partial charge in [0, 0.05) is 23.8 Å². The van der Waals surface area contributed by atoms with Crippen LogP contribution in [0.2, 0.25) is 5.02 Å². The first-order valence-electron chi connectivity index (χ1n) is 7.02. The number of aromatic nitrogens is 3. The fourth-order valence-electron chi connectivity index (χ4n) is 2.33. The Labute approximate surface area is 138 Å². The van der Waals surface area contributed by atoms with Crippen LogP contribution in [0, 0.1) is 6.92 Å². The highest BCUT2D eigenvalue weighted by atomic mass is 35.5. The SMILES string of the molecule is Cc1nn(C)cc1CC(=O)Nc1oncc1-c1ccc(Cl)cc1. The third kappa shape index (κ3) is 3.43. The number of rotatable bonds is 4. The van der Waals surface area contributed by atoms with Gasteiger partial charge in [-0.05, 0) is 24.6 Å². The second kappa shape index (κ2) is 6.26. The highest BCUT2D eigenvalue weighted by Crippen LogP contribution is 2.28. The molecule has 6 nitrogen and oxygen atoms in total. The van der Waals surface area contributed by atoms with Crippen molar-refractivity contribution in [2.75, 3.05) is 5.32 Å². The molecule has 0 saturated carbocycles. The smallest absolute Gasteiger partial charge is 0.239 e. The van der Waals surface area contributed by atoms with E-state index in [2.05, 4.69) is 15.6 Å². The van der Waals surface area contributed by atoms with Gasteiger partial charge in [-0.3, -0.25) is 14.8 Å². The first-order valence-corrected chi connectivity index (χ1v) is 7.40. The minimum atomic E-state index is -0.187. The molecule has 0 aliphatic heterocycles. The number of anilines is 1. The van der Waals surface area contributed by atoms with Gasteiger partial charge < -0.3 is 4.52 Å². The van der Waals surface area contributed by atoms with E-state index in [0.29, 0.717) is 16.5 Å². The molecule has 2 heterocycles. The Kier molecular flexibility index (Phi) is 4.16. The van der Waals surface area contributed by atoms with Crippen molar-refractivity contribution in [1.29, 1.82) is 0 Å². The maximum Gasteiger partial charge on any atom is 0.239 e. The Bertz CT molecular complexity index is 836.